The summed E-state index contributed by atoms with van der Waals surface area (Å²) < 4.78 is 19.7. The van der Waals surface area contributed by atoms with Gasteiger partial charge in [0.05, 0.1) is 5.69 Å². The van der Waals surface area contributed by atoms with E-state index in [-0.39, 0.29) is 11.7 Å². The number of halogens is 1. The van der Waals surface area contributed by atoms with E-state index < -0.39 is 0 Å². The Morgan fingerprint density at radius 1 is 1.35 bits per heavy atom. The van der Waals surface area contributed by atoms with Gasteiger partial charge < -0.3 is 10.1 Å². The minimum absolute atomic E-state index is 0.00927. The molecule has 0 aliphatic rings. The molecule has 0 bridgehead atoms. The van der Waals surface area contributed by atoms with Gasteiger partial charge in [0, 0.05) is 45.5 Å². The first-order valence-corrected chi connectivity index (χ1v) is 7.64. The number of carbonyl (C=O) groups is 1. The molecule has 1 aromatic carbocycles. The summed E-state index contributed by atoms with van der Waals surface area (Å²) in [7, 11) is 3.47. The number of methoxy groups -OCH3 is 1. The average molecular weight is 319 g/mol. The van der Waals surface area contributed by atoms with Gasteiger partial charge in [-0.1, -0.05) is 0 Å². The van der Waals surface area contributed by atoms with Gasteiger partial charge in [0.25, 0.3) is 0 Å². The molecule has 2 rings (SSSR count). The fraction of sp³-hybridized carbons (Fsp3) is 0.412. The van der Waals surface area contributed by atoms with Gasteiger partial charge in [-0.25, -0.2) is 4.39 Å². The molecular formula is C17H22FN3O2. The van der Waals surface area contributed by atoms with Crippen molar-refractivity contribution in [3.8, 4) is 11.3 Å². The van der Waals surface area contributed by atoms with Gasteiger partial charge in [-0.05, 0) is 42.7 Å². The summed E-state index contributed by atoms with van der Waals surface area (Å²) in [5.74, 6) is -0.267. The van der Waals surface area contributed by atoms with E-state index in [0.29, 0.717) is 26.0 Å². The minimum atomic E-state index is -0.276. The molecule has 0 unspecified atom stereocenters. The Kier molecular flexibility index (Phi) is 6.29. The Balaban J connectivity index is 1.95. The molecule has 1 amide bonds. The van der Waals surface area contributed by atoms with Gasteiger partial charge in [-0.15, -0.1) is 0 Å². The van der Waals surface area contributed by atoms with Crippen LogP contribution in [0.1, 0.15) is 18.4 Å². The summed E-state index contributed by atoms with van der Waals surface area (Å²) in [6.45, 7) is 1.25. The Bertz CT molecular complexity index is 638. The van der Waals surface area contributed by atoms with E-state index in [0.717, 1.165) is 23.2 Å². The molecule has 0 fully saturated rings. The molecule has 0 atom stereocenters. The Morgan fingerprint density at radius 2 is 2.09 bits per heavy atom. The molecule has 6 heteroatoms. The fourth-order valence-corrected chi connectivity index (χ4v) is 2.35. The van der Waals surface area contributed by atoms with E-state index in [1.165, 1.54) is 12.1 Å². The third-order valence-corrected chi connectivity index (χ3v) is 3.49. The molecule has 2 aromatic rings. The predicted molar refractivity (Wildman–Crippen MR) is 86.4 cm³/mol. The maximum atomic E-state index is 13.0. The van der Waals surface area contributed by atoms with Crippen LogP contribution in [0.3, 0.4) is 0 Å². The molecular weight excluding hydrogens is 297 g/mol. The van der Waals surface area contributed by atoms with E-state index in [4.69, 9.17) is 4.74 Å². The van der Waals surface area contributed by atoms with Crippen LogP contribution in [0.4, 0.5) is 4.39 Å². The average Bonchev–Trinajstić information content (AvgIpc) is 2.91. The van der Waals surface area contributed by atoms with Crippen molar-refractivity contribution in [2.75, 3.05) is 20.3 Å². The highest BCUT2D eigenvalue weighted by molar-refractivity contribution is 5.76. The normalized spacial score (nSPS) is 10.7. The lowest BCUT2D eigenvalue weighted by Crippen LogP contribution is -2.25. The smallest absolute Gasteiger partial charge is 0.220 e. The lowest BCUT2D eigenvalue weighted by atomic mass is 10.0. The number of rotatable bonds is 8. The van der Waals surface area contributed by atoms with Crippen molar-refractivity contribution in [2.24, 2.45) is 7.05 Å². The quantitative estimate of drug-likeness (QED) is 0.760. The van der Waals surface area contributed by atoms with Gasteiger partial charge >= 0.3 is 0 Å². The molecule has 1 heterocycles. The zero-order valence-corrected chi connectivity index (χ0v) is 13.5. The second kappa shape index (κ2) is 8.43. The summed E-state index contributed by atoms with van der Waals surface area (Å²) in [6.07, 6.45) is 3.69. The van der Waals surface area contributed by atoms with E-state index in [9.17, 15) is 9.18 Å². The lowest BCUT2D eigenvalue weighted by molar-refractivity contribution is -0.121. The second-order valence-electron chi connectivity index (χ2n) is 5.38. The largest absolute Gasteiger partial charge is 0.385 e. The van der Waals surface area contributed by atoms with Crippen molar-refractivity contribution in [1.29, 1.82) is 0 Å². The van der Waals surface area contributed by atoms with Crippen molar-refractivity contribution in [2.45, 2.75) is 19.3 Å². The standard InChI is InChI=1S/C17H22FN3O2/c1-21-12-14(6-9-16(22)19-10-3-11-23-2)17(20-21)13-4-7-15(18)8-5-13/h4-5,7-8,12H,3,6,9-11H2,1-2H3,(H,19,22). The van der Waals surface area contributed by atoms with Crippen LogP contribution in [0, 0.1) is 5.82 Å². The number of aromatic nitrogens is 2. The number of amides is 1. The number of carbonyl (C=O) groups excluding carboxylic acids is 1. The first-order chi connectivity index (χ1) is 11.1. The van der Waals surface area contributed by atoms with Crippen LogP contribution in [0.25, 0.3) is 11.3 Å². The van der Waals surface area contributed by atoms with Gasteiger partial charge in [0.1, 0.15) is 5.82 Å². The summed E-state index contributed by atoms with van der Waals surface area (Å²) in [5, 5.41) is 7.29. The maximum Gasteiger partial charge on any atom is 0.220 e. The number of nitrogens with zero attached hydrogens (tertiary/aromatic N) is 2. The van der Waals surface area contributed by atoms with Crippen LogP contribution in [-0.2, 0) is 23.0 Å². The second-order valence-corrected chi connectivity index (χ2v) is 5.38. The number of ether oxygens (including phenoxy) is 1. The van der Waals surface area contributed by atoms with Crippen molar-refractivity contribution < 1.29 is 13.9 Å². The van der Waals surface area contributed by atoms with Crippen LogP contribution >= 0.6 is 0 Å². The van der Waals surface area contributed by atoms with Crippen molar-refractivity contribution in [3.05, 3.63) is 41.8 Å². The van der Waals surface area contributed by atoms with E-state index in [2.05, 4.69) is 10.4 Å². The maximum absolute atomic E-state index is 13.0. The highest BCUT2D eigenvalue weighted by Gasteiger charge is 2.12. The molecule has 0 saturated carbocycles. The zero-order valence-electron chi connectivity index (χ0n) is 13.5. The van der Waals surface area contributed by atoms with Crippen LogP contribution in [-0.4, -0.2) is 35.9 Å². The number of benzene rings is 1. The Hall–Kier alpha value is -2.21. The summed E-state index contributed by atoms with van der Waals surface area (Å²) in [6, 6.07) is 6.23. The van der Waals surface area contributed by atoms with Gasteiger partial charge in [0.2, 0.25) is 5.91 Å². The number of aryl methyl sites for hydroxylation is 2. The minimum Gasteiger partial charge on any atom is -0.385 e. The van der Waals surface area contributed by atoms with Crippen LogP contribution < -0.4 is 5.32 Å². The van der Waals surface area contributed by atoms with E-state index in [1.807, 2.05) is 13.2 Å². The molecule has 124 valence electrons. The van der Waals surface area contributed by atoms with Crippen molar-refractivity contribution in [3.63, 3.8) is 0 Å². The van der Waals surface area contributed by atoms with Crippen molar-refractivity contribution in [1.82, 2.24) is 15.1 Å². The van der Waals surface area contributed by atoms with Gasteiger partial charge in [-0.3, -0.25) is 9.48 Å². The summed E-state index contributed by atoms with van der Waals surface area (Å²) in [5.41, 5.74) is 2.62. The molecule has 0 aliphatic carbocycles. The molecule has 0 spiro atoms. The number of hydrogen-bond donors (Lipinski definition) is 1. The summed E-state index contributed by atoms with van der Waals surface area (Å²) in [4.78, 5) is 11.9. The topological polar surface area (TPSA) is 56.1 Å². The summed E-state index contributed by atoms with van der Waals surface area (Å²) >= 11 is 0. The molecule has 0 aliphatic heterocycles. The number of hydrogen-bond acceptors (Lipinski definition) is 3. The van der Waals surface area contributed by atoms with Crippen LogP contribution in [0.5, 0.6) is 0 Å². The Labute approximate surface area is 135 Å². The van der Waals surface area contributed by atoms with E-state index >= 15 is 0 Å². The molecule has 1 aromatic heterocycles. The van der Waals surface area contributed by atoms with Crippen LogP contribution in [0.2, 0.25) is 0 Å². The molecule has 0 saturated heterocycles. The molecule has 5 nitrogen and oxygen atoms in total. The predicted octanol–water partition coefficient (Wildman–Crippen LogP) is 2.31. The van der Waals surface area contributed by atoms with Gasteiger partial charge in [-0.2, -0.15) is 5.10 Å². The van der Waals surface area contributed by atoms with Crippen molar-refractivity contribution >= 4 is 5.91 Å². The highest BCUT2D eigenvalue weighted by Crippen LogP contribution is 2.23. The molecule has 0 radical (unpaired) electrons. The first kappa shape index (κ1) is 17.1. The molecule has 23 heavy (non-hydrogen) atoms. The first-order valence-electron chi connectivity index (χ1n) is 7.64. The lowest BCUT2D eigenvalue weighted by Gasteiger charge is -2.05. The fourth-order valence-electron chi connectivity index (χ4n) is 2.35. The van der Waals surface area contributed by atoms with Gasteiger partial charge in [0.15, 0.2) is 0 Å². The third-order valence-electron chi connectivity index (χ3n) is 3.49. The SMILES string of the molecule is COCCCNC(=O)CCc1cn(C)nc1-c1ccc(F)cc1. The highest BCUT2D eigenvalue weighted by atomic mass is 19.1. The Morgan fingerprint density at radius 3 is 2.78 bits per heavy atom. The third kappa shape index (κ3) is 5.17. The van der Waals surface area contributed by atoms with E-state index in [1.54, 1.807) is 23.9 Å². The molecule has 1 N–H and O–H groups in total. The number of nitrogens with one attached hydrogen (secondary N) is 1. The monoisotopic (exact) mass is 319 g/mol. The van der Waals surface area contributed by atoms with Crippen LogP contribution in [0.15, 0.2) is 30.5 Å². The zero-order chi connectivity index (χ0) is 16.7.